The monoisotopic (exact) mass is 183 g/mol. The number of aliphatic hydroxyl groups is 1. The summed E-state index contributed by atoms with van der Waals surface area (Å²) in [5.74, 6) is 1.05. The Hall–Kier alpha value is -0.540. The molecule has 2 unspecified atom stereocenters. The highest BCUT2D eigenvalue weighted by Gasteiger charge is 2.41. The van der Waals surface area contributed by atoms with Crippen molar-refractivity contribution in [1.82, 2.24) is 5.32 Å². The van der Waals surface area contributed by atoms with E-state index < -0.39 is 5.60 Å². The minimum atomic E-state index is -0.707. The predicted octanol–water partition coefficient (Wildman–Crippen LogP) is 0.651. The summed E-state index contributed by atoms with van der Waals surface area (Å²) < 4.78 is 5.45. The summed E-state index contributed by atoms with van der Waals surface area (Å²) in [6, 6.07) is 0. The molecule has 2 N–H and O–H groups in total. The quantitative estimate of drug-likeness (QED) is 0.627. The second kappa shape index (κ2) is 3.31. The number of rotatable bonds is 1. The van der Waals surface area contributed by atoms with Crippen LogP contribution in [0.4, 0.5) is 0 Å². The second-order valence-corrected chi connectivity index (χ2v) is 3.98. The zero-order valence-corrected chi connectivity index (χ0v) is 8.05. The van der Waals surface area contributed by atoms with Crippen LogP contribution in [0, 0.1) is 5.92 Å². The summed E-state index contributed by atoms with van der Waals surface area (Å²) in [6.45, 7) is 4.55. The van der Waals surface area contributed by atoms with Crippen molar-refractivity contribution in [3.8, 4) is 0 Å². The van der Waals surface area contributed by atoms with E-state index in [1.807, 2.05) is 6.08 Å². The van der Waals surface area contributed by atoms with Gasteiger partial charge >= 0.3 is 0 Å². The van der Waals surface area contributed by atoms with Crippen LogP contribution in [-0.2, 0) is 4.74 Å². The van der Waals surface area contributed by atoms with Gasteiger partial charge in [0.05, 0.1) is 6.61 Å². The van der Waals surface area contributed by atoms with Gasteiger partial charge in [-0.1, -0.05) is 6.92 Å². The van der Waals surface area contributed by atoms with E-state index in [2.05, 4.69) is 12.2 Å². The highest BCUT2D eigenvalue weighted by atomic mass is 16.5. The van der Waals surface area contributed by atoms with E-state index in [-0.39, 0.29) is 5.92 Å². The molecule has 0 bridgehead atoms. The fraction of sp³-hybridized carbons (Fsp3) is 0.800. The van der Waals surface area contributed by atoms with Crippen molar-refractivity contribution in [3.05, 3.63) is 11.8 Å². The third-order valence-corrected chi connectivity index (χ3v) is 3.08. The number of nitrogens with one attached hydrogen (secondary N) is 1. The van der Waals surface area contributed by atoms with Gasteiger partial charge < -0.3 is 15.2 Å². The van der Waals surface area contributed by atoms with Crippen LogP contribution in [-0.4, -0.2) is 30.4 Å². The van der Waals surface area contributed by atoms with Gasteiger partial charge in [-0.15, -0.1) is 0 Å². The zero-order valence-electron chi connectivity index (χ0n) is 8.05. The van der Waals surface area contributed by atoms with Gasteiger partial charge in [-0.3, -0.25) is 0 Å². The molecular weight excluding hydrogens is 166 g/mol. The van der Waals surface area contributed by atoms with Crippen LogP contribution in [0.2, 0.25) is 0 Å². The summed E-state index contributed by atoms with van der Waals surface area (Å²) in [6.07, 6.45) is 3.74. The molecule has 1 saturated heterocycles. The van der Waals surface area contributed by atoms with Crippen LogP contribution in [0.15, 0.2) is 11.8 Å². The van der Waals surface area contributed by atoms with Gasteiger partial charge in [0.15, 0.2) is 0 Å². The predicted molar refractivity (Wildman–Crippen MR) is 50.3 cm³/mol. The van der Waals surface area contributed by atoms with Crippen molar-refractivity contribution in [3.63, 3.8) is 0 Å². The molecule has 0 aromatic heterocycles. The molecule has 2 aliphatic rings. The van der Waals surface area contributed by atoms with Crippen LogP contribution < -0.4 is 5.32 Å². The highest BCUT2D eigenvalue weighted by molar-refractivity contribution is 5.16. The van der Waals surface area contributed by atoms with Crippen LogP contribution in [0.25, 0.3) is 0 Å². The third-order valence-electron chi connectivity index (χ3n) is 3.08. The van der Waals surface area contributed by atoms with Crippen LogP contribution >= 0.6 is 0 Å². The maximum absolute atomic E-state index is 10.4. The van der Waals surface area contributed by atoms with Crippen LogP contribution in [0.5, 0.6) is 0 Å². The average Bonchev–Trinajstić information content (AvgIpc) is 2.63. The fourth-order valence-corrected chi connectivity index (χ4v) is 2.10. The Bertz CT molecular complexity index is 227. The molecule has 0 aromatic rings. The number of hydrogen-bond acceptors (Lipinski definition) is 3. The standard InChI is InChI=1S/C10H17NO2/c1-8-7-11-5-4-10(8,12)9-3-2-6-13-9/h3,8,11-12H,2,4-7H2,1H3. The Balaban J connectivity index is 2.16. The van der Waals surface area contributed by atoms with Gasteiger partial charge in [-0.2, -0.15) is 0 Å². The lowest BCUT2D eigenvalue weighted by molar-refractivity contribution is -0.0415. The number of hydrogen-bond donors (Lipinski definition) is 2. The first-order valence-electron chi connectivity index (χ1n) is 5.00. The molecule has 0 saturated carbocycles. The number of ether oxygens (including phenoxy) is 1. The highest BCUT2D eigenvalue weighted by Crippen LogP contribution is 2.34. The molecule has 3 heteroatoms. The maximum atomic E-state index is 10.4. The maximum Gasteiger partial charge on any atom is 0.126 e. The van der Waals surface area contributed by atoms with Crippen molar-refractivity contribution in [1.29, 1.82) is 0 Å². The van der Waals surface area contributed by atoms with Crippen molar-refractivity contribution in [2.75, 3.05) is 19.7 Å². The molecule has 0 spiro atoms. The first kappa shape index (κ1) is 9.03. The summed E-state index contributed by atoms with van der Waals surface area (Å²) in [5.41, 5.74) is -0.707. The second-order valence-electron chi connectivity index (χ2n) is 3.98. The molecule has 3 nitrogen and oxygen atoms in total. The summed E-state index contributed by atoms with van der Waals surface area (Å²) >= 11 is 0. The smallest absolute Gasteiger partial charge is 0.126 e. The molecule has 0 aromatic carbocycles. The normalized spacial score (nSPS) is 39.8. The van der Waals surface area contributed by atoms with Crippen LogP contribution in [0.1, 0.15) is 19.8 Å². The molecule has 13 heavy (non-hydrogen) atoms. The van der Waals surface area contributed by atoms with E-state index in [0.717, 1.165) is 38.3 Å². The number of piperidine rings is 1. The average molecular weight is 183 g/mol. The zero-order chi connectivity index (χ0) is 9.31. The summed E-state index contributed by atoms with van der Waals surface area (Å²) in [5, 5.41) is 13.7. The lowest BCUT2D eigenvalue weighted by atomic mass is 9.81. The van der Waals surface area contributed by atoms with Crippen LogP contribution in [0.3, 0.4) is 0 Å². The Morgan fingerprint density at radius 3 is 3.15 bits per heavy atom. The third kappa shape index (κ3) is 1.46. The molecule has 2 aliphatic heterocycles. The van der Waals surface area contributed by atoms with Crippen molar-refractivity contribution in [2.45, 2.75) is 25.4 Å². The summed E-state index contributed by atoms with van der Waals surface area (Å²) in [4.78, 5) is 0. The topological polar surface area (TPSA) is 41.5 Å². The van der Waals surface area contributed by atoms with E-state index in [0.29, 0.717) is 0 Å². The lowest BCUT2D eigenvalue weighted by Gasteiger charge is -2.38. The Morgan fingerprint density at radius 2 is 2.54 bits per heavy atom. The van der Waals surface area contributed by atoms with E-state index in [1.165, 1.54) is 0 Å². The molecule has 2 atom stereocenters. The first-order valence-corrected chi connectivity index (χ1v) is 5.00. The summed E-state index contributed by atoms with van der Waals surface area (Å²) in [7, 11) is 0. The van der Waals surface area contributed by atoms with Gasteiger partial charge in [0.25, 0.3) is 0 Å². The molecule has 0 radical (unpaired) electrons. The molecule has 2 rings (SSSR count). The van der Waals surface area contributed by atoms with Gasteiger partial charge in [0, 0.05) is 18.9 Å². The van der Waals surface area contributed by atoms with Crippen molar-refractivity contribution < 1.29 is 9.84 Å². The SMILES string of the molecule is CC1CNCCC1(O)C1=CCCO1. The van der Waals surface area contributed by atoms with Gasteiger partial charge in [-0.05, 0) is 19.0 Å². The molecular formula is C10H17NO2. The molecule has 74 valence electrons. The Labute approximate surface area is 78.8 Å². The van der Waals surface area contributed by atoms with Gasteiger partial charge in [0.1, 0.15) is 11.4 Å². The molecule has 1 fully saturated rings. The van der Waals surface area contributed by atoms with Gasteiger partial charge in [0.2, 0.25) is 0 Å². The fourth-order valence-electron chi connectivity index (χ4n) is 2.10. The van der Waals surface area contributed by atoms with E-state index in [1.54, 1.807) is 0 Å². The first-order chi connectivity index (χ1) is 6.23. The molecule has 0 amide bonds. The Morgan fingerprint density at radius 1 is 1.69 bits per heavy atom. The lowest BCUT2D eigenvalue weighted by Crippen LogP contribution is -2.50. The molecule has 0 aliphatic carbocycles. The van der Waals surface area contributed by atoms with Crippen molar-refractivity contribution >= 4 is 0 Å². The van der Waals surface area contributed by atoms with Crippen molar-refractivity contribution in [2.24, 2.45) is 5.92 Å². The van der Waals surface area contributed by atoms with Gasteiger partial charge in [-0.25, -0.2) is 0 Å². The van der Waals surface area contributed by atoms with E-state index in [9.17, 15) is 5.11 Å². The molecule has 2 heterocycles. The van der Waals surface area contributed by atoms with E-state index in [4.69, 9.17) is 4.74 Å². The Kier molecular flexibility index (Phi) is 2.30. The minimum Gasteiger partial charge on any atom is -0.495 e. The van der Waals surface area contributed by atoms with E-state index >= 15 is 0 Å². The minimum absolute atomic E-state index is 0.241. The largest absolute Gasteiger partial charge is 0.495 e.